The zero-order valence-electron chi connectivity index (χ0n) is 9.77. The van der Waals surface area contributed by atoms with E-state index in [9.17, 15) is 12.8 Å². The number of benzene rings is 1. The van der Waals surface area contributed by atoms with Crippen LogP contribution in [0.25, 0.3) is 0 Å². The minimum Gasteiger partial charge on any atom is -0.367 e. The normalized spacial score (nSPS) is 11.7. The highest BCUT2D eigenvalue weighted by molar-refractivity contribution is 7.89. The Hall–Kier alpha value is -1.66. The molecular weight excluding hydrogens is 255 g/mol. The molecular formula is C12H13FN2O2S. The zero-order valence-corrected chi connectivity index (χ0v) is 10.6. The number of aryl methyl sites for hydroxylation is 1. The van der Waals surface area contributed by atoms with E-state index in [4.69, 9.17) is 0 Å². The standard InChI is InChI=1S/C12H13FN2O2S/c1-9-2-3-11(6-12(9)13)18(16,17)15-8-10-4-5-14-7-10/h2-7,14-15H,8H2,1H3. The molecule has 0 fully saturated rings. The monoisotopic (exact) mass is 268 g/mol. The van der Waals surface area contributed by atoms with Crippen molar-refractivity contribution in [3.63, 3.8) is 0 Å². The predicted molar refractivity (Wildman–Crippen MR) is 66.0 cm³/mol. The second kappa shape index (κ2) is 4.91. The van der Waals surface area contributed by atoms with Crippen LogP contribution < -0.4 is 4.72 Å². The molecule has 4 nitrogen and oxygen atoms in total. The SMILES string of the molecule is Cc1ccc(S(=O)(=O)NCc2cc[nH]c2)cc1F. The molecule has 2 aromatic rings. The van der Waals surface area contributed by atoms with Crippen LogP contribution in [0.2, 0.25) is 0 Å². The highest BCUT2D eigenvalue weighted by Gasteiger charge is 2.15. The van der Waals surface area contributed by atoms with Crippen molar-refractivity contribution in [2.24, 2.45) is 0 Å². The van der Waals surface area contributed by atoms with Crippen LogP contribution in [0, 0.1) is 12.7 Å². The van der Waals surface area contributed by atoms with Crippen LogP contribution in [0.3, 0.4) is 0 Å². The minimum absolute atomic E-state index is 0.0684. The maximum atomic E-state index is 13.3. The van der Waals surface area contributed by atoms with Crippen LogP contribution in [-0.4, -0.2) is 13.4 Å². The summed E-state index contributed by atoms with van der Waals surface area (Å²) in [5, 5.41) is 0. The molecule has 0 aliphatic carbocycles. The molecule has 0 amide bonds. The lowest BCUT2D eigenvalue weighted by Gasteiger charge is -2.06. The average Bonchev–Trinajstić information content (AvgIpc) is 2.83. The minimum atomic E-state index is -3.68. The van der Waals surface area contributed by atoms with Crippen molar-refractivity contribution < 1.29 is 12.8 Å². The maximum absolute atomic E-state index is 13.3. The summed E-state index contributed by atoms with van der Waals surface area (Å²) in [6.07, 6.45) is 3.40. The van der Waals surface area contributed by atoms with Crippen molar-refractivity contribution in [3.05, 3.63) is 53.6 Å². The summed E-state index contributed by atoms with van der Waals surface area (Å²) in [6.45, 7) is 1.75. The molecule has 0 saturated heterocycles. The summed E-state index contributed by atoms with van der Waals surface area (Å²) in [6, 6.07) is 5.62. The number of sulfonamides is 1. The van der Waals surface area contributed by atoms with E-state index in [1.807, 2.05) is 0 Å². The van der Waals surface area contributed by atoms with Gasteiger partial charge in [0.1, 0.15) is 5.82 Å². The molecule has 0 aliphatic heterocycles. The van der Waals surface area contributed by atoms with E-state index >= 15 is 0 Å². The van der Waals surface area contributed by atoms with E-state index in [1.54, 1.807) is 25.4 Å². The van der Waals surface area contributed by atoms with Gasteiger partial charge in [-0.1, -0.05) is 6.07 Å². The topological polar surface area (TPSA) is 62.0 Å². The number of aromatic nitrogens is 1. The van der Waals surface area contributed by atoms with Crippen molar-refractivity contribution in [1.82, 2.24) is 9.71 Å². The van der Waals surface area contributed by atoms with E-state index in [2.05, 4.69) is 9.71 Å². The van der Waals surface area contributed by atoms with Crippen molar-refractivity contribution in [2.75, 3.05) is 0 Å². The third kappa shape index (κ3) is 2.77. The molecule has 0 unspecified atom stereocenters. The van der Waals surface area contributed by atoms with Crippen LogP contribution >= 0.6 is 0 Å². The molecule has 0 radical (unpaired) electrons. The Labute approximate surface area is 105 Å². The summed E-state index contributed by atoms with van der Waals surface area (Å²) in [7, 11) is -3.68. The molecule has 1 heterocycles. The Morgan fingerprint density at radius 1 is 1.33 bits per heavy atom. The van der Waals surface area contributed by atoms with Gasteiger partial charge in [0.25, 0.3) is 0 Å². The fourth-order valence-corrected chi connectivity index (χ4v) is 2.50. The predicted octanol–water partition coefficient (Wildman–Crippen LogP) is 1.94. The molecule has 96 valence electrons. The summed E-state index contributed by atoms with van der Waals surface area (Å²) < 4.78 is 39.5. The highest BCUT2D eigenvalue weighted by Crippen LogP contribution is 2.14. The third-order valence-corrected chi connectivity index (χ3v) is 3.98. The van der Waals surface area contributed by atoms with Gasteiger partial charge in [-0.25, -0.2) is 17.5 Å². The molecule has 6 heteroatoms. The number of nitrogens with one attached hydrogen (secondary N) is 2. The van der Waals surface area contributed by atoms with E-state index in [1.165, 1.54) is 12.1 Å². The van der Waals surface area contributed by atoms with Gasteiger partial charge in [0, 0.05) is 18.9 Å². The van der Waals surface area contributed by atoms with Gasteiger partial charge in [-0.15, -0.1) is 0 Å². The number of hydrogen-bond donors (Lipinski definition) is 2. The number of rotatable bonds is 4. The lowest BCUT2D eigenvalue weighted by Crippen LogP contribution is -2.23. The first-order valence-electron chi connectivity index (χ1n) is 5.36. The van der Waals surface area contributed by atoms with E-state index in [0.29, 0.717) is 5.56 Å². The molecule has 2 rings (SSSR count). The molecule has 0 spiro atoms. The Morgan fingerprint density at radius 2 is 2.11 bits per heavy atom. The summed E-state index contributed by atoms with van der Waals surface area (Å²) in [5.74, 6) is -0.528. The molecule has 0 aliphatic rings. The smallest absolute Gasteiger partial charge is 0.240 e. The maximum Gasteiger partial charge on any atom is 0.240 e. The largest absolute Gasteiger partial charge is 0.367 e. The van der Waals surface area contributed by atoms with Gasteiger partial charge in [-0.2, -0.15) is 0 Å². The van der Waals surface area contributed by atoms with Gasteiger partial charge < -0.3 is 4.98 Å². The van der Waals surface area contributed by atoms with Crippen LogP contribution in [0.5, 0.6) is 0 Å². The van der Waals surface area contributed by atoms with E-state index in [-0.39, 0.29) is 11.4 Å². The lowest BCUT2D eigenvalue weighted by atomic mass is 10.2. The summed E-state index contributed by atoms with van der Waals surface area (Å²) in [5.41, 5.74) is 1.23. The van der Waals surface area contributed by atoms with Crippen molar-refractivity contribution in [3.8, 4) is 0 Å². The Morgan fingerprint density at radius 3 is 2.72 bits per heavy atom. The van der Waals surface area contributed by atoms with Gasteiger partial charge >= 0.3 is 0 Å². The Kier molecular flexibility index (Phi) is 3.49. The second-order valence-electron chi connectivity index (χ2n) is 3.95. The number of hydrogen-bond acceptors (Lipinski definition) is 2. The fourth-order valence-electron chi connectivity index (χ4n) is 1.47. The lowest BCUT2D eigenvalue weighted by molar-refractivity contribution is 0.576. The molecule has 1 aromatic carbocycles. The van der Waals surface area contributed by atoms with Gasteiger partial charge in [0.2, 0.25) is 10.0 Å². The van der Waals surface area contributed by atoms with Crippen molar-refractivity contribution in [2.45, 2.75) is 18.4 Å². The van der Waals surface area contributed by atoms with Gasteiger partial charge in [0.05, 0.1) is 4.90 Å². The van der Waals surface area contributed by atoms with Crippen LogP contribution in [0.4, 0.5) is 4.39 Å². The number of H-pyrrole nitrogens is 1. The number of halogens is 1. The molecule has 0 bridgehead atoms. The molecule has 0 saturated carbocycles. The molecule has 0 atom stereocenters. The first-order chi connectivity index (χ1) is 8.49. The molecule has 2 N–H and O–H groups in total. The molecule has 18 heavy (non-hydrogen) atoms. The van der Waals surface area contributed by atoms with E-state index in [0.717, 1.165) is 11.6 Å². The van der Waals surface area contributed by atoms with Gasteiger partial charge in [-0.3, -0.25) is 0 Å². The third-order valence-electron chi connectivity index (χ3n) is 2.58. The van der Waals surface area contributed by atoms with Crippen LogP contribution in [0.1, 0.15) is 11.1 Å². The first-order valence-corrected chi connectivity index (χ1v) is 6.85. The Bertz CT molecular complexity index is 636. The quantitative estimate of drug-likeness (QED) is 0.890. The van der Waals surface area contributed by atoms with Gasteiger partial charge in [-0.05, 0) is 36.2 Å². The zero-order chi connectivity index (χ0) is 13.2. The van der Waals surface area contributed by atoms with E-state index < -0.39 is 15.8 Å². The average molecular weight is 268 g/mol. The van der Waals surface area contributed by atoms with Gasteiger partial charge in [0.15, 0.2) is 0 Å². The summed E-state index contributed by atoms with van der Waals surface area (Å²) in [4.78, 5) is 2.76. The summed E-state index contributed by atoms with van der Waals surface area (Å²) >= 11 is 0. The second-order valence-corrected chi connectivity index (χ2v) is 5.72. The molecule has 1 aromatic heterocycles. The van der Waals surface area contributed by atoms with Crippen LogP contribution in [0.15, 0.2) is 41.6 Å². The van der Waals surface area contributed by atoms with Crippen molar-refractivity contribution >= 4 is 10.0 Å². The van der Waals surface area contributed by atoms with Crippen molar-refractivity contribution in [1.29, 1.82) is 0 Å². The van der Waals surface area contributed by atoms with Crippen LogP contribution in [-0.2, 0) is 16.6 Å². The Balaban J connectivity index is 2.17. The first kappa shape index (κ1) is 12.8. The highest BCUT2D eigenvalue weighted by atomic mass is 32.2. The number of aromatic amines is 1. The fraction of sp³-hybridized carbons (Fsp3) is 0.167.